The molecule has 0 fully saturated rings. The van der Waals surface area contributed by atoms with Gasteiger partial charge in [-0.2, -0.15) is 26.3 Å². The molecule has 0 aliphatic rings. The van der Waals surface area contributed by atoms with Gasteiger partial charge < -0.3 is 14.6 Å². The van der Waals surface area contributed by atoms with Crippen molar-refractivity contribution >= 4 is 0 Å². The molecule has 0 amide bonds. The lowest BCUT2D eigenvalue weighted by Crippen LogP contribution is -2.53. The summed E-state index contributed by atoms with van der Waals surface area (Å²) in [7, 11) is 0. The summed E-state index contributed by atoms with van der Waals surface area (Å²) in [5.41, 5.74) is -6.34. The number of hydrogen-bond donors (Lipinski definition) is 1. The molecule has 0 aromatic heterocycles. The lowest BCUT2D eigenvalue weighted by atomic mass is 9.92. The fraction of sp³-hybridized carbons (Fsp3) is 0.333. The molecule has 27 heavy (non-hydrogen) atoms. The van der Waals surface area contributed by atoms with Crippen molar-refractivity contribution in [1.82, 2.24) is 0 Å². The molecular weight excluding hydrogens is 378 g/mol. The van der Waals surface area contributed by atoms with Gasteiger partial charge in [-0.1, -0.05) is 30.3 Å². The number of alkyl halides is 6. The van der Waals surface area contributed by atoms with E-state index in [2.05, 4.69) is 0 Å². The number of benzene rings is 2. The largest absolute Gasteiger partial charge is 0.493 e. The molecule has 0 heterocycles. The molecule has 1 N–H and O–H groups in total. The maximum atomic E-state index is 12.9. The molecule has 148 valence electrons. The van der Waals surface area contributed by atoms with Gasteiger partial charge in [-0.15, -0.1) is 0 Å². The van der Waals surface area contributed by atoms with Gasteiger partial charge in [0.1, 0.15) is 11.5 Å². The number of aliphatic hydroxyl groups is 1. The van der Waals surface area contributed by atoms with Gasteiger partial charge in [-0.3, -0.25) is 0 Å². The second-order valence-corrected chi connectivity index (χ2v) is 5.60. The van der Waals surface area contributed by atoms with Crippen LogP contribution in [0.3, 0.4) is 0 Å². The standard InChI is InChI=1S/C18H16F6O3/c19-17(20,21)16(25,18(22,23)24)13-6-4-9-15(12-13)27-11-5-10-26-14-7-2-1-3-8-14/h1-4,6-9,12,25H,5,10-11H2. The molecule has 0 saturated heterocycles. The summed E-state index contributed by atoms with van der Waals surface area (Å²) in [6.45, 7) is 0.255. The molecule has 0 saturated carbocycles. The first-order valence-electron chi connectivity index (χ1n) is 7.83. The zero-order valence-electron chi connectivity index (χ0n) is 13.8. The highest BCUT2D eigenvalue weighted by atomic mass is 19.4. The van der Waals surface area contributed by atoms with Crippen molar-refractivity contribution in [2.75, 3.05) is 13.2 Å². The Hall–Kier alpha value is -2.42. The average molecular weight is 394 g/mol. The fourth-order valence-corrected chi connectivity index (χ4v) is 2.25. The quantitative estimate of drug-likeness (QED) is 0.539. The van der Waals surface area contributed by atoms with Crippen LogP contribution in [0.25, 0.3) is 0 Å². The van der Waals surface area contributed by atoms with Crippen LogP contribution in [0.4, 0.5) is 26.3 Å². The van der Waals surface area contributed by atoms with Crippen molar-refractivity contribution in [2.45, 2.75) is 24.4 Å². The highest BCUT2D eigenvalue weighted by Gasteiger charge is 2.71. The number of para-hydroxylation sites is 1. The van der Waals surface area contributed by atoms with Crippen molar-refractivity contribution in [1.29, 1.82) is 0 Å². The van der Waals surface area contributed by atoms with Crippen molar-refractivity contribution in [3.63, 3.8) is 0 Å². The van der Waals surface area contributed by atoms with Gasteiger partial charge in [-0.05, 0) is 24.3 Å². The molecule has 0 spiro atoms. The van der Waals surface area contributed by atoms with Crippen molar-refractivity contribution in [3.05, 3.63) is 60.2 Å². The maximum absolute atomic E-state index is 12.9. The molecule has 0 atom stereocenters. The molecule has 0 bridgehead atoms. The molecule has 0 unspecified atom stereocenters. The maximum Gasteiger partial charge on any atom is 0.430 e. The Morgan fingerprint density at radius 1 is 0.704 bits per heavy atom. The lowest BCUT2D eigenvalue weighted by Gasteiger charge is -2.32. The number of halogens is 6. The SMILES string of the molecule is OC(c1cccc(OCCCOc2ccccc2)c1)(C(F)(F)F)C(F)(F)F. The van der Waals surface area contributed by atoms with E-state index in [0.717, 1.165) is 6.07 Å². The van der Waals surface area contributed by atoms with Crippen LogP contribution >= 0.6 is 0 Å². The molecule has 0 radical (unpaired) electrons. The Morgan fingerprint density at radius 3 is 1.78 bits per heavy atom. The Morgan fingerprint density at radius 2 is 1.22 bits per heavy atom. The lowest BCUT2D eigenvalue weighted by molar-refractivity contribution is -0.376. The smallest absolute Gasteiger partial charge is 0.430 e. The minimum absolute atomic E-state index is 0.00670. The topological polar surface area (TPSA) is 38.7 Å². The highest BCUT2D eigenvalue weighted by Crippen LogP contribution is 2.50. The Labute approximate surface area is 151 Å². The summed E-state index contributed by atoms with van der Waals surface area (Å²) in [6.07, 6.45) is -11.5. The predicted octanol–water partition coefficient (Wildman–Crippen LogP) is 4.85. The second-order valence-electron chi connectivity index (χ2n) is 5.60. The van der Waals surface area contributed by atoms with Gasteiger partial charge in [0.25, 0.3) is 5.60 Å². The Bertz CT molecular complexity index is 714. The van der Waals surface area contributed by atoms with Gasteiger partial charge >= 0.3 is 12.4 Å². The second kappa shape index (κ2) is 8.08. The summed E-state index contributed by atoms with van der Waals surface area (Å²) in [6, 6.07) is 12.1. The van der Waals surface area contributed by atoms with Gasteiger partial charge in [-0.25, -0.2) is 0 Å². The van der Waals surface area contributed by atoms with Crippen LogP contribution in [0.5, 0.6) is 11.5 Å². The monoisotopic (exact) mass is 394 g/mol. The van der Waals surface area contributed by atoms with E-state index < -0.39 is 23.5 Å². The molecule has 0 aliphatic heterocycles. The molecule has 2 rings (SSSR count). The van der Waals surface area contributed by atoms with Crippen molar-refractivity contribution in [2.24, 2.45) is 0 Å². The van der Waals surface area contributed by atoms with Crippen LogP contribution in [-0.4, -0.2) is 30.7 Å². The first-order chi connectivity index (χ1) is 12.6. The minimum atomic E-state index is -5.94. The number of ether oxygens (including phenoxy) is 2. The van der Waals surface area contributed by atoms with E-state index >= 15 is 0 Å². The third kappa shape index (κ3) is 4.85. The number of rotatable bonds is 7. The minimum Gasteiger partial charge on any atom is -0.493 e. The summed E-state index contributed by atoms with van der Waals surface area (Å²) < 4.78 is 88.0. The first kappa shape index (κ1) is 20.9. The van der Waals surface area contributed by atoms with E-state index in [1.54, 1.807) is 24.3 Å². The average Bonchev–Trinajstić information content (AvgIpc) is 2.60. The van der Waals surface area contributed by atoms with Gasteiger partial charge in [0, 0.05) is 12.0 Å². The fourth-order valence-electron chi connectivity index (χ4n) is 2.25. The van der Waals surface area contributed by atoms with E-state index in [-0.39, 0.29) is 19.0 Å². The normalized spacial score (nSPS) is 12.7. The van der Waals surface area contributed by atoms with Crippen molar-refractivity contribution < 1.29 is 40.9 Å². The molecule has 3 nitrogen and oxygen atoms in total. The van der Waals surface area contributed by atoms with Gasteiger partial charge in [0.15, 0.2) is 0 Å². The zero-order chi connectivity index (χ0) is 20.1. The van der Waals surface area contributed by atoms with E-state index in [1.807, 2.05) is 6.07 Å². The first-order valence-corrected chi connectivity index (χ1v) is 7.83. The van der Waals surface area contributed by atoms with Crippen LogP contribution in [0.15, 0.2) is 54.6 Å². The van der Waals surface area contributed by atoms with Crippen LogP contribution in [-0.2, 0) is 5.60 Å². The molecular formula is C18H16F6O3. The summed E-state index contributed by atoms with van der Waals surface area (Å²) in [4.78, 5) is 0. The Kier molecular flexibility index (Phi) is 6.25. The summed E-state index contributed by atoms with van der Waals surface area (Å²) in [5, 5.41) is 9.39. The van der Waals surface area contributed by atoms with Crippen LogP contribution in [0, 0.1) is 0 Å². The molecule has 0 aliphatic carbocycles. The zero-order valence-corrected chi connectivity index (χ0v) is 13.8. The molecule has 9 heteroatoms. The highest BCUT2D eigenvalue weighted by molar-refractivity contribution is 5.34. The van der Waals surface area contributed by atoms with E-state index in [1.165, 1.54) is 6.07 Å². The third-order valence-electron chi connectivity index (χ3n) is 3.64. The molecule has 2 aromatic rings. The van der Waals surface area contributed by atoms with E-state index in [4.69, 9.17) is 9.47 Å². The van der Waals surface area contributed by atoms with E-state index in [0.29, 0.717) is 24.3 Å². The van der Waals surface area contributed by atoms with Crippen LogP contribution in [0.2, 0.25) is 0 Å². The van der Waals surface area contributed by atoms with Crippen LogP contribution in [0.1, 0.15) is 12.0 Å². The van der Waals surface area contributed by atoms with E-state index in [9.17, 15) is 31.4 Å². The Balaban J connectivity index is 2.00. The molecule has 2 aromatic carbocycles. The van der Waals surface area contributed by atoms with Crippen molar-refractivity contribution in [3.8, 4) is 11.5 Å². The summed E-state index contributed by atoms with van der Waals surface area (Å²) in [5.74, 6) is 0.402. The van der Waals surface area contributed by atoms with Gasteiger partial charge in [0.05, 0.1) is 13.2 Å². The van der Waals surface area contributed by atoms with Gasteiger partial charge in [0.2, 0.25) is 0 Å². The third-order valence-corrected chi connectivity index (χ3v) is 3.64. The van der Waals surface area contributed by atoms with Crippen LogP contribution < -0.4 is 9.47 Å². The predicted molar refractivity (Wildman–Crippen MR) is 84.5 cm³/mol. The number of hydrogen-bond acceptors (Lipinski definition) is 3. The summed E-state index contributed by atoms with van der Waals surface area (Å²) >= 11 is 0.